The van der Waals surface area contributed by atoms with Crippen molar-refractivity contribution in [2.45, 2.75) is 32.9 Å². The zero-order chi connectivity index (χ0) is 17.6. The minimum atomic E-state index is -1.12. The molecule has 0 unspecified atom stereocenters. The highest BCUT2D eigenvalue weighted by Gasteiger charge is 2.17. The smallest absolute Gasteiger partial charge is 0.407 e. The molecule has 1 amide bonds. The van der Waals surface area contributed by atoms with Crippen LogP contribution < -0.4 is 16.4 Å². The molecule has 1 aromatic heterocycles. The molecule has 0 aromatic carbocycles. The molecule has 0 saturated carbocycles. The number of nitrogens with one attached hydrogen (secondary N) is 2. The van der Waals surface area contributed by atoms with Crippen LogP contribution >= 0.6 is 0 Å². The summed E-state index contributed by atoms with van der Waals surface area (Å²) < 4.78 is 6.09. The normalized spacial score (nSPS) is 10.7. The molecule has 0 saturated heterocycles. The minimum Gasteiger partial charge on any atom is -0.480 e. The largest absolute Gasteiger partial charge is 0.480 e. The SMILES string of the molecule is CC(C)(C)OC(=O)NCCNc1nn(CC(=O)O)c(N)c1C#N. The molecular weight excluding hydrogens is 304 g/mol. The maximum Gasteiger partial charge on any atom is 0.407 e. The van der Waals surface area contributed by atoms with E-state index in [-0.39, 0.29) is 30.3 Å². The standard InChI is InChI=1S/C13H20N6O4/c1-13(2,3)23-12(22)17-5-4-16-11-8(6-14)10(15)19(18-11)7-9(20)21/h4-5,7,15H2,1-3H3,(H,16,18)(H,17,22)(H,20,21). The summed E-state index contributed by atoms with van der Waals surface area (Å²) in [6.45, 7) is 5.30. The van der Waals surface area contributed by atoms with Crippen molar-refractivity contribution in [3.05, 3.63) is 5.56 Å². The van der Waals surface area contributed by atoms with Gasteiger partial charge in [-0.15, -0.1) is 0 Å². The molecule has 0 aliphatic rings. The van der Waals surface area contributed by atoms with E-state index in [2.05, 4.69) is 15.7 Å². The maximum atomic E-state index is 11.5. The van der Waals surface area contributed by atoms with Crippen molar-refractivity contribution < 1.29 is 19.4 Å². The second-order valence-corrected chi connectivity index (χ2v) is 5.63. The van der Waals surface area contributed by atoms with Gasteiger partial charge in [0.1, 0.15) is 29.6 Å². The predicted molar refractivity (Wildman–Crippen MR) is 81.7 cm³/mol. The van der Waals surface area contributed by atoms with Crippen molar-refractivity contribution in [2.75, 3.05) is 24.1 Å². The highest BCUT2D eigenvalue weighted by atomic mass is 16.6. The van der Waals surface area contributed by atoms with Crippen molar-refractivity contribution >= 4 is 23.7 Å². The third-order valence-corrected chi connectivity index (χ3v) is 2.47. The molecule has 1 rings (SSSR count). The van der Waals surface area contributed by atoms with Crippen molar-refractivity contribution in [1.82, 2.24) is 15.1 Å². The van der Waals surface area contributed by atoms with Crippen molar-refractivity contribution in [3.8, 4) is 6.07 Å². The minimum absolute atomic E-state index is 0.0301. The summed E-state index contributed by atoms with van der Waals surface area (Å²) in [4.78, 5) is 22.2. The highest BCUT2D eigenvalue weighted by Crippen LogP contribution is 2.20. The first kappa shape index (κ1) is 18.1. The molecule has 0 spiro atoms. The third-order valence-electron chi connectivity index (χ3n) is 2.47. The number of anilines is 2. The van der Waals surface area contributed by atoms with Crippen LogP contribution in [-0.2, 0) is 16.1 Å². The van der Waals surface area contributed by atoms with Gasteiger partial charge in [0, 0.05) is 13.1 Å². The van der Waals surface area contributed by atoms with Gasteiger partial charge in [0.2, 0.25) is 0 Å². The number of carbonyl (C=O) groups is 2. The summed E-state index contributed by atoms with van der Waals surface area (Å²) in [6.07, 6.45) is -0.560. The molecule has 1 aromatic rings. The molecule has 0 fully saturated rings. The fraction of sp³-hybridized carbons (Fsp3) is 0.538. The summed E-state index contributed by atoms with van der Waals surface area (Å²) in [5.74, 6) is -0.989. The van der Waals surface area contributed by atoms with Gasteiger partial charge in [0.25, 0.3) is 0 Å². The summed E-state index contributed by atoms with van der Waals surface area (Å²) in [5, 5.41) is 27.1. The Labute approximate surface area is 133 Å². The Morgan fingerprint density at radius 2 is 2.09 bits per heavy atom. The van der Waals surface area contributed by atoms with E-state index in [1.165, 1.54) is 0 Å². The highest BCUT2D eigenvalue weighted by molar-refractivity contribution is 5.70. The number of alkyl carbamates (subject to hydrolysis) is 1. The van der Waals surface area contributed by atoms with E-state index in [0.29, 0.717) is 0 Å². The Balaban J connectivity index is 2.57. The monoisotopic (exact) mass is 324 g/mol. The number of carboxylic acid groups (broad SMARTS) is 1. The second kappa shape index (κ2) is 7.35. The van der Waals surface area contributed by atoms with E-state index >= 15 is 0 Å². The molecule has 0 bridgehead atoms. The van der Waals surface area contributed by atoms with Gasteiger partial charge >= 0.3 is 12.1 Å². The van der Waals surface area contributed by atoms with E-state index in [4.69, 9.17) is 20.8 Å². The number of nitrogens with two attached hydrogens (primary N) is 1. The number of ether oxygens (including phenoxy) is 1. The van der Waals surface area contributed by atoms with Gasteiger partial charge in [-0.25, -0.2) is 9.48 Å². The predicted octanol–water partition coefficient (Wildman–Crippen LogP) is 0.358. The molecule has 23 heavy (non-hydrogen) atoms. The van der Waals surface area contributed by atoms with Gasteiger partial charge in [-0.05, 0) is 20.8 Å². The molecule has 0 aliphatic carbocycles. The van der Waals surface area contributed by atoms with Gasteiger partial charge in [0.05, 0.1) is 0 Å². The quantitative estimate of drug-likeness (QED) is 0.546. The zero-order valence-electron chi connectivity index (χ0n) is 13.2. The molecule has 0 radical (unpaired) electrons. The molecule has 0 atom stereocenters. The summed E-state index contributed by atoms with van der Waals surface area (Å²) in [6, 6.07) is 1.86. The van der Waals surface area contributed by atoms with Crippen LogP contribution in [0.2, 0.25) is 0 Å². The Hall–Kier alpha value is -2.96. The number of aromatic nitrogens is 2. The molecule has 126 valence electrons. The first-order valence-electron chi connectivity index (χ1n) is 6.83. The average Bonchev–Trinajstić information content (AvgIpc) is 2.68. The maximum absolute atomic E-state index is 11.5. The summed E-state index contributed by atoms with van der Waals surface area (Å²) in [7, 11) is 0. The lowest BCUT2D eigenvalue weighted by molar-refractivity contribution is -0.137. The van der Waals surface area contributed by atoms with Crippen LogP contribution in [0.15, 0.2) is 0 Å². The molecule has 0 aliphatic heterocycles. The molecule has 10 nitrogen and oxygen atoms in total. The number of aliphatic carboxylic acids is 1. The number of nitriles is 1. The lowest BCUT2D eigenvalue weighted by Gasteiger charge is -2.19. The van der Waals surface area contributed by atoms with Crippen molar-refractivity contribution in [3.63, 3.8) is 0 Å². The number of hydrogen-bond acceptors (Lipinski definition) is 7. The van der Waals surface area contributed by atoms with Gasteiger partial charge in [-0.1, -0.05) is 0 Å². The number of rotatable bonds is 6. The topological polar surface area (TPSA) is 155 Å². The van der Waals surface area contributed by atoms with Gasteiger partial charge < -0.3 is 26.2 Å². The Morgan fingerprint density at radius 1 is 1.43 bits per heavy atom. The third kappa shape index (κ3) is 5.74. The molecular formula is C13H20N6O4. The second-order valence-electron chi connectivity index (χ2n) is 5.63. The van der Waals surface area contributed by atoms with E-state index in [0.717, 1.165) is 4.68 Å². The van der Waals surface area contributed by atoms with Crippen LogP contribution in [0.25, 0.3) is 0 Å². The van der Waals surface area contributed by atoms with E-state index in [1.54, 1.807) is 20.8 Å². The fourth-order valence-corrected chi connectivity index (χ4v) is 1.62. The number of amides is 1. The zero-order valence-corrected chi connectivity index (χ0v) is 13.2. The first-order chi connectivity index (χ1) is 10.6. The number of carboxylic acids is 1. The van der Waals surface area contributed by atoms with Gasteiger partial charge in [-0.3, -0.25) is 4.79 Å². The van der Waals surface area contributed by atoms with E-state index in [1.807, 2.05) is 6.07 Å². The van der Waals surface area contributed by atoms with Crippen LogP contribution in [0.4, 0.5) is 16.4 Å². The Bertz CT molecular complexity index is 626. The lowest BCUT2D eigenvalue weighted by atomic mass is 10.2. The molecule has 1 heterocycles. The molecule has 5 N–H and O–H groups in total. The van der Waals surface area contributed by atoms with Crippen LogP contribution in [0, 0.1) is 11.3 Å². The molecule has 10 heteroatoms. The van der Waals surface area contributed by atoms with Crippen LogP contribution in [0.5, 0.6) is 0 Å². The van der Waals surface area contributed by atoms with Gasteiger partial charge in [0.15, 0.2) is 5.82 Å². The van der Waals surface area contributed by atoms with Crippen LogP contribution in [-0.4, -0.2) is 45.6 Å². The summed E-state index contributed by atoms with van der Waals surface area (Å²) in [5.41, 5.74) is 5.14. The number of nitrogen functional groups attached to an aromatic ring is 1. The Kier molecular flexibility index (Phi) is 5.78. The summed E-state index contributed by atoms with van der Waals surface area (Å²) >= 11 is 0. The van der Waals surface area contributed by atoms with Crippen molar-refractivity contribution in [1.29, 1.82) is 5.26 Å². The average molecular weight is 324 g/mol. The number of carbonyl (C=O) groups excluding carboxylic acids is 1. The lowest BCUT2D eigenvalue weighted by Crippen LogP contribution is -2.35. The van der Waals surface area contributed by atoms with E-state index < -0.39 is 24.2 Å². The van der Waals surface area contributed by atoms with Crippen molar-refractivity contribution in [2.24, 2.45) is 0 Å². The number of nitrogens with zero attached hydrogens (tertiary/aromatic N) is 3. The van der Waals surface area contributed by atoms with E-state index in [9.17, 15) is 9.59 Å². The number of hydrogen-bond donors (Lipinski definition) is 4. The van der Waals surface area contributed by atoms with Crippen LogP contribution in [0.1, 0.15) is 26.3 Å². The fourth-order valence-electron chi connectivity index (χ4n) is 1.62. The van der Waals surface area contributed by atoms with Crippen LogP contribution in [0.3, 0.4) is 0 Å². The first-order valence-corrected chi connectivity index (χ1v) is 6.83. The Morgan fingerprint density at radius 3 is 2.61 bits per heavy atom. The van der Waals surface area contributed by atoms with Gasteiger partial charge in [-0.2, -0.15) is 10.4 Å².